The highest BCUT2D eigenvalue weighted by atomic mass is 32.2. The van der Waals surface area contributed by atoms with E-state index in [1.54, 1.807) is 7.11 Å². The fourth-order valence-electron chi connectivity index (χ4n) is 3.48. The van der Waals surface area contributed by atoms with Gasteiger partial charge in [-0.05, 0) is 42.5 Å². The Kier molecular flexibility index (Phi) is 4.82. The van der Waals surface area contributed by atoms with Crippen LogP contribution >= 0.6 is 11.8 Å². The maximum absolute atomic E-state index is 12.4. The van der Waals surface area contributed by atoms with Gasteiger partial charge in [-0.3, -0.25) is 0 Å². The van der Waals surface area contributed by atoms with Crippen LogP contribution < -0.4 is 9.64 Å². The SMILES string of the molecule is COc1cccc2cc(-c3cc([S@](C)(=N)=O)ccc3N3CCCSC3)[nH]c12. The van der Waals surface area contributed by atoms with Crippen molar-refractivity contribution < 1.29 is 8.95 Å². The maximum atomic E-state index is 12.4. The molecule has 142 valence electrons. The molecule has 0 amide bonds. The van der Waals surface area contributed by atoms with Crippen molar-refractivity contribution >= 4 is 38.1 Å². The van der Waals surface area contributed by atoms with E-state index in [1.807, 2.05) is 48.2 Å². The monoisotopic (exact) mass is 401 g/mol. The molecule has 3 aromatic rings. The number of aromatic amines is 1. The fraction of sp³-hybridized carbons (Fsp3) is 0.300. The van der Waals surface area contributed by atoms with Crippen LogP contribution in [0.5, 0.6) is 5.75 Å². The number of para-hydroxylation sites is 1. The number of fused-ring (bicyclic) bond motifs is 1. The average Bonchev–Trinajstić information content (AvgIpc) is 3.11. The summed E-state index contributed by atoms with van der Waals surface area (Å²) in [5.41, 5.74) is 3.99. The number of hydrogen-bond donors (Lipinski definition) is 2. The fourth-order valence-corrected chi connectivity index (χ4v) is 5.10. The molecule has 1 aliphatic heterocycles. The molecule has 0 radical (unpaired) electrons. The van der Waals surface area contributed by atoms with Crippen molar-refractivity contribution in [1.82, 2.24) is 4.98 Å². The van der Waals surface area contributed by atoms with Gasteiger partial charge in [0.1, 0.15) is 5.75 Å². The van der Waals surface area contributed by atoms with Crippen molar-refractivity contribution in [3.8, 4) is 17.0 Å². The molecule has 7 heteroatoms. The molecule has 1 fully saturated rings. The van der Waals surface area contributed by atoms with Crippen molar-refractivity contribution in [1.29, 1.82) is 4.78 Å². The van der Waals surface area contributed by atoms with Crippen LogP contribution in [0.4, 0.5) is 5.69 Å². The zero-order valence-electron chi connectivity index (χ0n) is 15.5. The number of nitrogens with zero attached hydrogens (tertiary/aromatic N) is 1. The van der Waals surface area contributed by atoms with Gasteiger partial charge in [0.15, 0.2) is 0 Å². The number of ether oxygens (including phenoxy) is 1. The summed E-state index contributed by atoms with van der Waals surface area (Å²) >= 11 is 1.92. The Balaban J connectivity index is 1.91. The van der Waals surface area contributed by atoms with Crippen molar-refractivity contribution in [2.75, 3.05) is 36.4 Å². The van der Waals surface area contributed by atoms with E-state index in [4.69, 9.17) is 9.52 Å². The van der Waals surface area contributed by atoms with Crippen molar-refractivity contribution in [3.63, 3.8) is 0 Å². The summed E-state index contributed by atoms with van der Waals surface area (Å²) in [5.74, 6) is 2.92. The van der Waals surface area contributed by atoms with Crippen LogP contribution in [-0.2, 0) is 9.73 Å². The molecule has 0 unspecified atom stereocenters. The molecular formula is C20H23N3O2S2. The molecule has 5 nitrogen and oxygen atoms in total. The van der Waals surface area contributed by atoms with Gasteiger partial charge in [0, 0.05) is 40.0 Å². The third-order valence-corrected chi connectivity index (χ3v) is 7.08. The highest BCUT2D eigenvalue weighted by Crippen LogP contribution is 2.37. The number of nitrogens with one attached hydrogen (secondary N) is 2. The van der Waals surface area contributed by atoms with E-state index in [0.29, 0.717) is 4.90 Å². The molecule has 0 saturated carbocycles. The lowest BCUT2D eigenvalue weighted by molar-refractivity contribution is 0.419. The number of anilines is 1. The number of hydrogen-bond acceptors (Lipinski definition) is 5. The average molecular weight is 402 g/mol. The summed E-state index contributed by atoms with van der Waals surface area (Å²) in [6.07, 6.45) is 2.62. The van der Waals surface area contributed by atoms with Gasteiger partial charge in [0.05, 0.1) is 28.2 Å². The molecule has 1 aliphatic rings. The number of rotatable bonds is 4. The van der Waals surface area contributed by atoms with Crippen LogP contribution in [0.3, 0.4) is 0 Å². The number of H-pyrrole nitrogens is 1. The largest absolute Gasteiger partial charge is 0.495 e. The molecule has 1 atom stereocenters. The standard InChI is InChI=1S/C20H23N3O2S2/c1-25-19-6-3-5-14-11-17(22-20(14)19)16-12-15(27(2,21)24)7-8-18(16)23-9-4-10-26-13-23/h3,5-8,11-12,21-22H,4,9-10,13H2,1-2H3/t27-/m1/s1. The lowest BCUT2D eigenvalue weighted by atomic mass is 10.1. The van der Waals surface area contributed by atoms with Crippen LogP contribution in [0.1, 0.15) is 6.42 Å². The lowest BCUT2D eigenvalue weighted by Crippen LogP contribution is -2.28. The molecule has 2 N–H and O–H groups in total. The van der Waals surface area contributed by atoms with Crippen LogP contribution in [0.25, 0.3) is 22.2 Å². The van der Waals surface area contributed by atoms with Gasteiger partial charge >= 0.3 is 0 Å². The Morgan fingerprint density at radius 1 is 1.26 bits per heavy atom. The minimum absolute atomic E-state index is 0.552. The van der Waals surface area contributed by atoms with Gasteiger partial charge < -0.3 is 14.6 Å². The van der Waals surface area contributed by atoms with Crippen molar-refractivity contribution in [2.24, 2.45) is 0 Å². The first kappa shape index (κ1) is 18.3. The Morgan fingerprint density at radius 3 is 2.81 bits per heavy atom. The number of aromatic nitrogens is 1. The molecular weight excluding hydrogens is 378 g/mol. The number of methoxy groups -OCH3 is 1. The van der Waals surface area contributed by atoms with E-state index in [0.717, 1.165) is 52.4 Å². The number of benzene rings is 2. The molecule has 2 heterocycles. The zero-order valence-corrected chi connectivity index (χ0v) is 17.1. The first-order valence-electron chi connectivity index (χ1n) is 8.84. The second-order valence-corrected chi connectivity index (χ2v) is 10.0. The highest BCUT2D eigenvalue weighted by Gasteiger charge is 2.19. The van der Waals surface area contributed by atoms with E-state index < -0.39 is 9.73 Å². The van der Waals surface area contributed by atoms with E-state index in [9.17, 15) is 4.21 Å². The van der Waals surface area contributed by atoms with E-state index in [-0.39, 0.29) is 0 Å². The lowest BCUT2D eigenvalue weighted by Gasteiger charge is -2.30. The first-order chi connectivity index (χ1) is 13.0. The summed E-state index contributed by atoms with van der Waals surface area (Å²) in [6, 6.07) is 13.8. The van der Waals surface area contributed by atoms with Crippen LogP contribution in [0.2, 0.25) is 0 Å². The van der Waals surface area contributed by atoms with E-state index in [1.165, 1.54) is 12.0 Å². The molecule has 0 bridgehead atoms. The van der Waals surface area contributed by atoms with Crippen LogP contribution in [0.15, 0.2) is 47.4 Å². The predicted molar refractivity (Wildman–Crippen MR) is 115 cm³/mol. The van der Waals surface area contributed by atoms with Gasteiger partial charge in [-0.25, -0.2) is 8.99 Å². The molecule has 1 aromatic heterocycles. The van der Waals surface area contributed by atoms with Gasteiger partial charge in [0.25, 0.3) is 0 Å². The Bertz CT molecular complexity index is 1080. The Labute approximate surface area is 164 Å². The second kappa shape index (κ2) is 7.13. The zero-order chi connectivity index (χ0) is 19.0. The molecule has 27 heavy (non-hydrogen) atoms. The first-order valence-corrected chi connectivity index (χ1v) is 12.0. The molecule has 4 rings (SSSR count). The smallest absolute Gasteiger partial charge is 0.142 e. The molecule has 1 saturated heterocycles. The Morgan fingerprint density at radius 2 is 2.11 bits per heavy atom. The quantitative estimate of drug-likeness (QED) is 0.660. The van der Waals surface area contributed by atoms with Crippen LogP contribution in [0, 0.1) is 4.78 Å². The minimum atomic E-state index is -2.79. The predicted octanol–water partition coefficient (Wildman–Crippen LogP) is 4.78. The minimum Gasteiger partial charge on any atom is -0.495 e. The van der Waals surface area contributed by atoms with E-state index in [2.05, 4.69) is 16.0 Å². The third kappa shape index (κ3) is 3.53. The molecule has 2 aromatic carbocycles. The van der Waals surface area contributed by atoms with Crippen molar-refractivity contribution in [3.05, 3.63) is 42.5 Å². The summed E-state index contributed by atoms with van der Waals surface area (Å²) in [6.45, 7) is 1.01. The van der Waals surface area contributed by atoms with E-state index >= 15 is 0 Å². The normalized spacial score (nSPS) is 17.0. The highest BCUT2D eigenvalue weighted by molar-refractivity contribution is 7.99. The molecule has 0 spiro atoms. The Hall–Kier alpha value is -2.12. The maximum Gasteiger partial charge on any atom is 0.142 e. The molecule has 0 aliphatic carbocycles. The third-order valence-electron chi connectivity index (χ3n) is 4.85. The van der Waals surface area contributed by atoms with Crippen LogP contribution in [-0.4, -0.2) is 40.7 Å². The topological polar surface area (TPSA) is 69.2 Å². The van der Waals surface area contributed by atoms with Crippen molar-refractivity contribution in [2.45, 2.75) is 11.3 Å². The summed E-state index contributed by atoms with van der Waals surface area (Å²) < 4.78 is 25.8. The summed E-state index contributed by atoms with van der Waals surface area (Å²) in [5, 5.41) is 1.07. The van der Waals surface area contributed by atoms with Gasteiger partial charge in [-0.1, -0.05) is 12.1 Å². The summed E-state index contributed by atoms with van der Waals surface area (Å²) in [4.78, 5) is 6.39. The second-order valence-electron chi connectivity index (χ2n) is 6.78. The van der Waals surface area contributed by atoms with Gasteiger partial charge in [0.2, 0.25) is 0 Å². The number of thioether (sulfide) groups is 1. The summed E-state index contributed by atoms with van der Waals surface area (Å²) in [7, 11) is -1.12. The van der Waals surface area contributed by atoms with Gasteiger partial charge in [-0.15, -0.1) is 11.8 Å². The van der Waals surface area contributed by atoms with Gasteiger partial charge in [-0.2, -0.15) is 0 Å².